The Bertz CT molecular complexity index is 371. The second-order valence-corrected chi connectivity index (χ2v) is 5.38. The van der Waals surface area contributed by atoms with Crippen LogP contribution >= 0.6 is 0 Å². The Morgan fingerprint density at radius 2 is 1.75 bits per heavy atom. The van der Waals surface area contributed by atoms with Crippen LogP contribution in [0, 0.1) is 17.8 Å². The molecule has 1 atom stereocenters. The second kappa shape index (κ2) is 10.5. The zero-order valence-electron chi connectivity index (χ0n) is 13.0. The summed E-state index contributed by atoms with van der Waals surface area (Å²) in [5, 5.41) is 0. The molecule has 0 bridgehead atoms. The molecule has 1 aliphatic carbocycles. The third kappa shape index (κ3) is 7.38. The molecule has 0 spiro atoms. The molecule has 112 valence electrons. The molecular formula is C18H28O2. The van der Waals surface area contributed by atoms with Crippen LogP contribution in [0.1, 0.15) is 71.6 Å². The lowest BCUT2D eigenvalue weighted by molar-refractivity contribution is -0.143. The van der Waals surface area contributed by atoms with Gasteiger partial charge >= 0.3 is 5.97 Å². The van der Waals surface area contributed by atoms with Gasteiger partial charge < -0.3 is 4.74 Å². The molecule has 0 aromatic rings. The number of esters is 1. The number of carbonyl (C=O) groups is 1. The van der Waals surface area contributed by atoms with E-state index < -0.39 is 0 Å². The van der Waals surface area contributed by atoms with Gasteiger partial charge in [-0.3, -0.25) is 4.79 Å². The summed E-state index contributed by atoms with van der Waals surface area (Å²) in [6, 6.07) is 0. The van der Waals surface area contributed by atoms with Crippen molar-refractivity contribution in [3.63, 3.8) is 0 Å². The normalized spacial score (nSPS) is 16.1. The molecule has 0 saturated carbocycles. The van der Waals surface area contributed by atoms with Gasteiger partial charge in [0, 0.05) is 12.0 Å². The standard InChI is InChI=1S/C18H28O2/c1-3-5-6-7-8-9-10-11-12-13-14-16-15-17(16)18(19)20-4-2/h15,17H,3-12H2,1-2H3/t17-/m1/s1. The van der Waals surface area contributed by atoms with Crippen molar-refractivity contribution >= 4 is 5.97 Å². The maximum atomic E-state index is 11.4. The van der Waals surface area contributed by atoms with Crippen molar-refractivity contribution in [1.29, 1.82) is 0 Å². The van der Waals surface area contributed by atoms with E-state index in [-0.39, 0.29) is 11.9 Å². The average molecular weight is 276 g/mol. The highest BCUT2D eigenvalue weighted by Gasteiger charge is 2.31. The molecule has 2 nitrogen and oxygen atoms in total. The first-order valence-electron chi connectivity index (χ1n) is 8.16. The maximum Gasteiger partial charge on any atom is 0.317 e. The van der Waals surface area contributed by atoms with Crippen molar-refractivity contribution in [3.05, 3.63) is 11.6 Å². The Balaban J connectivity index is 1.92. The average Bonchev–Trinajstić information content (AvgIpc) is 3.21. The van der Waals surface area contributed by atoms with Gasteiger partial charge in [0.1, 0.15) is 5.92 Å². The molecule has 0 unspecified atom stereocenters. The second-order valence-electron chi connectivity index (χ2n) is 5.38. The minimum Gasteiger partial charge on any atom is -0.465 e. The molecule has 0 aliphatic heterocycles. The van der Waals surface area contributed by atoms with E-state index in [4.69, 9.17) is 4.74 Å². The number of hydrogen-bond acceptors (Lipinski definition) is 2. The monoisotopic (exact) mass is 276 g/mol. The smallest absolute Gasteiger partial charge is 0.317 e. The van der Waals surface area contributed by atoms with Crippen molar-refractivity contribution in [2.75, 3.05) is 6.61 Å². The van der Waals surface area contributed by atoms with Crippen LogP contribution in [0.2, 0.25) is 0 Å². The van der Waals surface area contributed by atoms with Gasteiger partial charge in [-0.25, -0.2) is 0 Å². The topological polar surface area (TPSA) is 26.3 Å². The first-order chi connectivity index (χ1) is 9.79. The van der Waals surface area contributed by atoms with Crippen LogP contribution in [0.3, 0.4) is 0 Å². The lowest BCUT2D eigenvalue weighted by Gasteiger charge is -1.99. The molecule has 2 heteroatoms. The maximum absolute atomic E-state index is 11.4. The first-order valence-corrected chi connectivity index (χ1v) is 8.16. The fourth-order valence-corrected chi connectivity index (χ4v) is 2.19. The van der Waals surface area contributed by atoms with Gasteiger partial charge in [-0.2, -0.15) is 0 Å². The van der Waals surface area contributed by atoms with Crippen LogP contribution in [0.4, 0.5) is 0 Å². The first kappa shape index (κ1) is 16.8. The van der Waals surface area contributed by atoms with E-state index in [1.54, 1.807) is 0 Å². The summed E-state index contributed by atoms with van der Waals surface area (Å²) in [6.45, 7) is 4.52. The van der Waals surface area contributed by atoms with Crippen LogP contribution in [-0.4, -0.2) is 12.6 Å². The third-order valence-electron chi connectivity index (χ3n) is 3.50. The molecule has 0 fully saturated rings. The highest BCUT2D eigenvalue weighted by atomic mass is 16.5. The van der Waals surface area contributed by atoms with E-state index in [0.717, 1.165) is 12.0 Å². The molecule has 0 aromatic carbocycles. The van der Waals surface area contributed by atoms with E-state index in [0.29, 0.717) is 6.61 Å². The van der Waals surface area contributed by atoms with E-state index in [9.17, 15) is 4.79 Å². The summed E-state index contributed by atoms with van der Waals surface area (Å²) in [5.41, 5.74) is 0.947. The molecular weight excluding hydrogens is 248 g/mol. The van der Waals surface area contributed by atoms with E-state index in [1.165, 1.54) is 51.4 Å². The van der Waals surface area contributed by atoms with Crippen LogP contribution < -0.4 is 0 Å². The van der Waals surface area contributed by atoms with Crippen LogP contribution in [-0.2, 0) is 9.53 Å². The summed E-state index contributed by atoms with van der Waals surface area (Å²) in [5.74, 6) is 5.95. The van der Waals surface area contributed by atoms with Crippen molar-refractivity contribution in [1.82, 2.24) is 0 Å². The Morgan fingerprint density at radius 1 is 1.10 bits per heavy atom. The van der Waals surface area contributed by atoms with Gasteiger partial charge in [0.25, 0.3) is 0 Å². The molecule has 0 amide bonds. The molecule has 0 N–H and O–H groups in total. The number of rotatable bonds is 10. The summed E-state index contributed by atoms with van der Waals surface area (Å²) in [7, 11) is 0. The quantitative estimate of drug-likeness (QED) is 0.330. The zero-order valence-corrected chi connectivity index (χ0v) is 13.0. The van der Waals surface area contributed by atoms with Crippen LogP contribution in [0.25, 0.3) is 0 Å². The Hall–Kier alpha value is -1.23. The lowest BCUT2D eigenvalue weighted by Crippen LogP contribution is -2.07. The van der Waals surface area contributed by atoms with Gasteiger partial charge in [0.2, 0.25) is 0 Å². The molecule has 1 aliphatic rings. The highest BCUT2D eigenvalue weighted by Crippen LogP contribution is 2.29. The van der Waals surface area contributed by atoms with Gasteiger partial charge in [-0.15, -0.1) is 0 Å². The van der Waals surface area contributed by atoms with Crippen molar-refractivity contribution in [2.24, 2.45) is 5.92 Å². The number of hydrogen-bond donors (Lipinski definition) is 0. The molecule has 0 heterocycles. The molecule has 0 saturated heterocycles. The van der Waals surface area contributed by atoms with Gasteiger partial charge in [-0.1, -0.05) is 69.8 Å². The predicted octanol–water partition coefficient (Wildman–Crippen LogP) is 4.64. The van der Waals surface area contributed by atoms with Crippen molar-refractivity contribution in [3.8, 4) is 11.8 Å². The Kier molecular flexibility index (Phi) is 8.87. The van der Waals surface area contributed by atoms with E-state index >= 15 is 0 Å². The molecule has 0 aromatic heterocycles. The van der Waals surface area contributed by atoms with Gasteiger partial charge in [0.15, 0.2) is 0 Å². The summed E-state index contributed by atoms with van der Waals surface area (Å²) < 4.78 is 4.94. The number of unbranched alkanes of at least 4 members (excludes halogenated alkanes) is 8. The SMILES string of the molecule is CCCCCCCCCCC#CC1=C[C@H]1C(=O)OCC. The van der Waals surface area contributed by atoms with E-state index in [2.05, 4.69) is 18.8 Å². The van der Waals surface area contributed by atoms with E-state index in [1.807, 2.05) is 13.0 Å². The van der Waals surface area contributed by atoms with Gasteiger partial charge in [0.05, 0.1) is 6.61 Å². The Morgan fingerprint density at radius 3 is 2.40 bits per heavy atom. The predicted molar refractivity (Wildman–Crippen MR) is 83.2 cm³/mol. The molecule has 20 heavy (non-hydrogen) atoms. The fourth-order valence-electron chi connectivity index (χ4n) is 2.19. The fraction of sp³-hybridized carbons (Fsp3) is 0.722. The molecule has 1 rings (SSSR count). The Labute approximate surface area is 124 Å². The summed E-state index contributed by atoms with van der Waals surface area (Å²) >= 11 is 0. The zero-order chi connectivity index (χ0) is 14.6. The van der Waals surface area contributed by atoms with Crippen LogP contribution in [0.15, 0.2) is 11.6 Å². The third-order valence-corrected chi connectivity index (χ3v) is 3.50. The summed E-state index contributed by atoms with van der Waals surface area (Å²) in [4.78, 5) is 11.4. The van der Waals surface area contributed by atoms with Gasteiger partial charge in [-0.05, 0) is 13.3 Å². The lowest BCUT2D eigenvalue weighted by atomic mass is 10.1. The highest BCUT2D eigenvalue weighted by molar-refractivity contribution is 5.85. The molecule has 0 radical (unpaired) electrons. The summed E-state index contributed by atoms with van der Waals surface area (Å²) in [6.07, 6.45) is 13.5. The minimum atomic E-state index is -0.149. The van der Waals surface area contributed by atoms with Crippen molar-refractivity contribution < 1.29 is 9.53 Å². The minimum absolute atomic E-state index is 0.138. The largest absolute Gasteiger partial charge is 0.465 e. The number of carbonyl (C=O) groups excluding carboxylic acids is 1. The van der Waals surface area contributed by atoms with Crippen molar-refractivity contribution in [2.45, 2.75) is 71.6 Å². The number of ether oxygens (including phenoxy) is 1. The van der Waals surface area contributed by atoms with Crippen LogP contribution in [0.5, 0.6) is 0 Å².